The molecule has 0 aliphatic carbocycles. The van der Waals surface area contributed by atoms with E-state index in [0.29, 0.717) is 24.7 Å². The van der Waals surface area contributed by atoms with Crippen LogP contribution in [0.25, 0.3) is 0 Å². The Morgan fingerprint density at radius 3 is 2.37 bits per heavy atom. The van der Waals surface area contributed by atoms with E-state index in [1.54, 1.807) is 0 Å². The van der Waals surface area contributed by atoms with Crippen molar-refractivity contribution in [3.05, 3.63) is 78.1 Å². The first-order valence-electron chi connectivity index (χ1n) is 8.88. The number of aromatic nitrogens is 2. The molecule has 2 N–H and O–H groups in total. The van der Waals surface area contributed by atoms with Crippen LogP contribution in [0.4, 0.5) is 11.6 Å². The predicted molar refractivity (Wildman–Crippen MR) is 105 cm³/mol. The van der Waals surface area contributed by atoms with Crippen LogP contribution >= 0.6 is 0 Å². The highest BCUT2D eigenvalue weighted by atomic mass is 16.5. The highest BCUT2D eigenvalue weighted by Crippen LogP contribution is 2.19. The van der Waals surface area contributed by atoms with Gasteiger partial charge in [0.15, 0.2) is 0 Å². The van der Waals surface area contributed by atoms with Crippen LogP contribution in [-0.2, 0) is 6.61 Å². The Bertz CT molecular complexity index is 850. The van der Waals surface area contributed by atoms with Crippen molar-refractivity contribution >= 4 is 17.5 Å². The summed E-state index contributed by atoms with van der Waals surface area (Å²) in [5, 5.41) is 5.90. The fraction of sp³-hybridized carbons (Fsp3) is 0.190. The van der Waals surface area contributed by atoms with Crippen LogP contribution in [0.3, 0.4) is 0 Å². The van der Waals surface area contributed by atoms with E-state index in [-0.39, 0.29) is 5.91 Å². The number of rotatable bonds is 8. The number of nitrogens with zero attached hydrogens (tertiary/aromatic N) is 2. The third-order valence-corrected chi connectivity index (χ3v) is 3.81. The molecule has 27 heavy (non-hydrogen) atoms. The van der Waals surface area contributed by atoms with Gasteiger partial charge in [-0.2, -0.15) is 0 Å². The van der Waals surface area contributed by atoms with E-state index in [9.17, 15) is 4.79 Å². The molecule has 0 spiro atoms. The molecule has 0 bridgehead atoms. The zero-order valence-corrected chi connectivity index (χ0v) is 15.2. The molecule has 0 radical (unpaired) electrons. The second-order valence-corrected chi connectivity index (χ2v) is 5.97. The second-order valence-electron chi connectivity index (χ2n) is 5.97. The second kappa shape index (κ2) is 9.33. The van der Waals surface area contributed by atoms with Crippen molar-refractivity contribution in [1.29, 1.82) is 0 Å². The molecule has 2 aromatic carbocycles. The van der Waals surface area contributed by atoms with Crippen LogP contribution in [0, 0.1) is 0 Å². The zero-order valence-electron chi connectivity index (χ0n) is 15.2. The van der Waals surface area contributed by atoms with Crippen molar-refractivity contribution in [2.75, 3.05) is 11.9 Å². The minimum absolute atomic E-state index is 0.164. The molecule has 3 aromatic rings. The molecule has 0 aliphatic heterocycles. The van der Waals surface area contributed by atoms with Gasteiger partial charge in [-0.05, 0) is 36.2 Å². The Labute approximate surface area is 158 Å². The minimum atomic E-state index is -0.164. The first-order valence-corrected chi connectivity index (χ1v) is 8.88. The lowest BCUT2D eigenvalue weighted by Crippen LogP contribution is -2.24. The fourth-order valence-electron chi connectivity index (χ4n) is 2.35. The van der Waals surface area contributed by atoms with Gasteiger partial charge in [-0.3, -0.25) is 4.79 Å². The van der Waals surface area contributed by atoms with Crippen molar-refractivity contribution in [3.8, 4) is 5.75 Å². The van der Waals surface area contributed by atoms with Gasteiger partial charge in [-0.15, -0.1) is 0 Å². The standard InChI is InChI=1S/C21H22N4O2/c1-2-12-22-20(26)17-13-23-21(24-14-17)25-18-8-10-19(11-9-18)27-15-16-6-4-3-5-7-16/h3-11,13-14H,2,12,15H2,1H3,(H,22,26)(H,23,24,25). The molecule has 0 atom stereocenters. The lowest BCUT2D eigenvalue weighted by molar-refractivity contribution is 0.0953. The van der Waals surface area contributed by atoms with Gasteiger partial charge < -0.3 is 15.4 Å². The van der Waals surface area contributed by atoms with Crippen LogP contribution < -0.4 is 15.4 Å². The molecule has 6 nitrogen and oxygen atoms in total. The highest BCUT2D eigenvalue weighted by Gasteiger charge is 2.06. The average Bonchev–Trinajstić information content (AvgIpc) is 2.73. The topological polar surface area (TPSA) is 76.1 Å². The molecule has 0 fully saturated rings. The van der Waals surface area contributed by atoms with E-state index >= 15 is 0 Å². The van der Waals surface area contributed by atoms with Crippen molar-refractivity contribution in [3.63, 3.8) is 0 Å². The van der Waals surface area contributed by atoms with Gasteiger partial charge in [0.25, 0.3) is 5.91 Å². The van der Waals surface area contributed by atoms with E-state index in [2.05, 4.69) is 20.6 Å². The summed E-state index contributed by atoms with van der Waals surface area (Å²) in [5.74, 6) is 1.05. The Morgan fingerprint density at radius 1 is 1.00 bits per heavy atom. The van der Waals surface area contributed by atoms with Gasteiger partial charge >= 0.3 is 0 Å². The number of hydrogen-bond acceptors (Lipinski definition) is 5. The number of carbonyl (C=O) groups is 1. The normalized spacial score (nSPS) is 10.3. The van der Waals surface area contributed by atoms with Crippen molar-refractivity contribution in [1.82, 2.24) is 15.3 Å². The molecule has 0 aliphatic rings. The molecule has 0 saturated heterocycles. The van der Waals surface area contributed by atoms with Crippen molar-refractivity contribution in [2.24, 2.45) is 0 Å². The van der Waals surface area contributed by atoms with Gasteiger partial charge in [0.2, 0.25) is 5.95 Å². The maximum absolute atomic E-state index is 11.8. The summed E-state index contributed by atoms with van der Waals surface area (Å²) in [4.78, 5) is 20.2. The number of amides is 1. The third-order valence-electron chi connectivity index (χ3n) is 3.81. The van der Waals surface area contributed by atoms with Crippen molar-refractivity contribution < 1.29 is 9.53 Å². The van der Waals surface area contributed by atoms with Gasteiger partial charge in [-0.25, -0.2) is 9.97 Å². The molecule has 3 rings (SSSR count). The summed E-state index contributed by atoms with van der Waals surface area (Å²) >= 11 is 0. The summed E-state index contributed by atoms with van der Waals surface area (Å²) < 4.78 is 5.77. The number of anilines is 2. The monoisotopic (exact) mass is 362 g/mol. The smallest absolute Gasteiger partial charge is 0.254 e. The molecular weight excluding hydrogens is 340 g/mol. The van der Waals surface area contributed by atoms with E-state index < -0.39 is 0 Å². The maximum Gasteiger partial charge on any atom is 0.254 e. The van der Waals surface area contributed by atoms with Crippen LogP contribution in [-0.4, -0.2) is 22.4 Å². The van der Waals surface area contributed by atoms with Crippen LogP contribution in [0.1, 0.15) is 29.3 Å². The quantitative estimate of drug-likeness (QED) is 0.635. The zero-order chi connectivity index (χ0) is 18.9. The Hall–Kier alpha value is -3.41. The number of ether oxygens (including phenoxy) is 1. The fourth-order valence-corrected chi connectivity index (χ4v) is 2.35. The van der Waals surface area contributed by atoms with Crippen LogP contribution in [0.15, 0.2) is 67.0 Å². The summed E-state index contributed by atoms with van der Waals surface area (Å²) in [6.07, 6.45) is 3.91. The molecule has 6 heteroatoms. The highest BCUT2D eigenvalue weighted by molar-refractivity contribution is 5.93. The van der Waals surface area contributed by atoms with E-state index in [1.807, 2.05) is 61.5 Å². The first-order chi connectivity index (χ1) is 13.2. The van der Waals surface area contributed by atoms with E-state index in [4.69, 9.17) is 4.74 Å². The lowest BCUT2D eigenvalue weighted by atomic mass is 10.2. The number of benzene rings is 2. The van der Waals surface area contributed by atoms with Crippen molar-refractivity contribution in [2.45, 2.75) is 20.0 Å². The van der Waals surface area contributed by atoms with Crippen LogP contribution in [0.2, 0.25) is 0 Å². The summed E-state index contributed by atoms with van der Waals surface area (Å²) in [5.41, 5.74) is 2.40. The predicted octanol–water partition coefficient (Wildman–Crippen LogP) is 3.94. The third kappa shape index (κ3) is 5.54. The van der Waals surface area contributed by atoms with Gasteiger partial charge in [0, 0.05) is 24.6 Å². The molecule has 0 unspecified atom stereocenters. The molecule has 1 heterocycles. The molecule has 138 valence electrons. The van der Waals surface area contributed by atoms with Gasteiger partial charge in [0.1, 0.15) is 12.4 Å². The largest absolute Gasteiger partial charge is 0.489 e. The lowest BCUT2D eigenvalue weighted by Gasteiger charge is -2.09. The van der Waals surface area contributed by atoms with E-state index in [1.165, 1.54) is 12.4 Å². The Balaban J connectivity index is 1.54. The molecule has 0 saturated carbocycles. The first kappa shape index (κ1) is 18.4. The summed E-state index contributed by atoms with van der Waals surface area (Å²) in [7, 11) is 0. The minimum Gasteiger partial charge on any atom is -0.489 e. The molecular formula is C21H22N4O2. The van der Waals surface area contributed by atoms with Gasteiger partial charge in [-0.1, -0.05) is 37.3 Å². The van der Waals surface area contributed by atoms with Crippen LogP contribution in [0.5, 0.6) is 5.75 Å². The number of carbonyl (C=O) groups excluding carboxylic acids is 1. The summed E-state index contributed by atoms with van der Waals surface area (Å²) in [6.45, 7) is 3.16. The Morgan fingerprint density at radius 2 is 1.70 bits per heavy atom. The number of nitrogens with one attached hydrogen (secondary N) is 2. The van der Waals surface area contributed by atoms with Gasteiger partial charge in [0.05, 0.1) is 5.56 Å². The maximum atomic E-state index is 11.8. The summed E-state index contributed by atoms with van der Waals surface area (Å²) in [6, 6.07) is 17.6. The van der Waals surface area contributed by atoms with E-state index in [0.717, 1.165) is 23.4 Å². The number of hydrogen-bond donors (Lipinski definition) is 2. The SMILES string of the molecule is CCCNC(=O)c1cnc(Nc2ccc(OCc3ccccc3)cc2)nc1. The average molecular weight is 362 g/mol. The molecule has 1 amide bonds. The Kier molecular flexibility index (Phi) is 6.35. The molecule has 1 aromatic heterocycles.